The average Bonchev–Trinajstić information content (AvgIpc) is 3.19. The minimum Gasteiger partial charge on any atom is -0.482 e. The van der Waals surface area contributed by atoms with Gasteiger partial charge in [0.2, 0.25) is 0 Å². The zero-order chi connectivity index (χ0) is 18.1. The fourth-order valence-corrected chi connectivity index (χ4v) is 3.59. The summed E-state index contributed by atoms with van der Waals surface area (Å²) < 4.78 is 6.41. The molecule has 0 saturated carbocycles. The Morgan fingerprint density at radius 2 is 2.04 bits per heavy atom. The van der Waals surface area contributed by atoms with E-state index in [0.29, 0.717) is 17.0 Å². The van der Waals surface area contributed by atoms with E-state index in [2.05, 4.69) is 20.9 Å². The van der Waals surface area contributed by atoms with Crippen LogP contribution in [0.15, 0.2) is 57.8 Å². The first-order chi connectivity index (χ1) is 12.6. The van der Waals surface area contributed by atoms with E-state index in [9.17, 15) is 9.59 Å². The lowest BCUT2D eigenvalue weighted by Crippen LogP contribution is -2.42. The third kappa shape index (κ3) is 3.27. The number of ether oxygens (including phenoxy) is 1. The van der Waals surface area contributed by atoms with Crippen molar-refractivity contribution >= 4 is 44.6 Å². The molecule has 26 heavy (non-hydrogen) atoms. The van der Waals surface area contributed by atoms with Gasteiger partial charge in [0.25, 0.3) is 5.91 Å². The van der Waals surface area contributed by atoms with E-state index in [1.54, 1.807) is 17.6 Å². The minimum atomic E-state index is -0.238. The van der Waals surface area contributed by atoms with Gasteiger partial charge < -0.3 is 4.74 Å². The Morgan fingerprint density at radius 1 is 1.23 bits per heavy atom. The first-order valence-corrected chi connectivity index (χ1v) is 9.60. The van der Waals surface area contributed by atoms with Crippen LogP contribution in [0.2, 0.25) is 0 Å². The lowest BCUT2D eigenvalue weighted by atomic mass is 10.1. The van der Waals surface area contributed by atoms with Gasteiger partial charge >= 0.3 is 0 Å². The third-order valence-corrected chi connectivity index (χ3v) is 5.21. The van der Waals surface area contributed by atoms with Crippen LogP contribution in [0.1, 0.15) is 10.4 Å². The first-order valence-electron chi connectivity index (χ1n) is 7.86. The Bertz CT molecular complexity index is 971. The standard InChI is InChI=1S/C19H13BrN2O3S/c20-14-4-1-12(2-5-14)17(23)8-22-16-7-13(15-10-26-11-21-15)3-6-18(16)25-9-19(22)24/h1-7,10-11H,8-9H2. The van der Waals surface area contributed by atoms with E-state index >= 15 is 0 Å². The zero-order valence-corrected chi connectivity index (χ0v) is 15.9. The number of anilines is 1. The Balaban J connectivity index is 1.66. The van der Waals surface area contributed by atoms with Crippen molar-refractivity contribution in [2.24, 2.45) is 0 Å². The van der Waals surface area contributed by atoms with E-state index in [1.807, 2.05) is 35.7 Å². The molecular formula is C19H13BrN2O3S. The summed E-state index contributed by atoms with van der Waals surface area (Å²) in [6.07, 6.45) is 0. The highest BCUT2D eigenvalue weighted by Crippen LogP contribution is 2.36. The van der Waals surface area contributed by atoms with Gasteiger partial charge in [-0.05, 0) is 30.3 Å². The second-order valence-electron chi connectivity index (χ2n) is 5.75. The summed E-state index contributed by atoms with van der Waals surface area (Å²) >= 11 is 4.85. The molecule has 7 heteroatoms. The van der Waals surface area contributed by atoms with Crippen molar-refractivity contribution in [3.63, 3.8) is 0 Å². The molecule has 1 aliphatic heterocycles. The molecule has 130 valence electrons. The maximum absolute atomic E-state index is 12.6. The number of fused-ring (bicyclic) bond motifs is 1. The molecule has 2 heterocycles. The van der Waals surface area contributed by atoms with Gasteiger partial charge in [0.05, 0.1) is 23.4 Å². The van der Waals surface area contributed by atoms with E-state index in [-0.39, 0.29) is 24.8 Å². The molecule has 0 radical (unpaired) electrons. The highest BCUT2D eigenvalue weighted by Gasteiger charge is 2.28. The summed E-state index contributed by atoms with van der Waals surface area (Å²) in [5, 5.41) is 1.94. The lowest BCUT2D eigenvalue weighted by Gasteiger charge is -2.29. The van der Waals surface area contributed by atoms with Crippen LogP contribution in [0, 0.1) is 0 Å². The predicted octanol–water partition coefficient (Wildman–Crippen LogP) is 4.18. The highest BCUT2D eigenvalue weighted by molar-refractivity contribution is 9.10. The van der Waals surface area contributed by atoms with Crippen molar-refractivity contribution in [2.45, 2.75) is 0 Å². The number of nitrogens with zero attached hydrogens (tertiary/aromatic N) is 2. The molecule has 0 bridgehead atoms. The molecule has 0 fully saturated rings. The molecule has 4 rings (SSSR count). The largest absolute Gasteiger partial charge is 0.482 e. The number of hydrogen-bond acceptors (Lipinski definition) is 5. The molecule has 2 aromatic carbocycles. The van der Waals surface area contributed by atoms with E-state index < -0.39 is 0 Å². The molecule has 1 amide bonds. The molecule has 5 nitrogen and oxygen atoms in total. The third-order valence-electron chi connectivity index (χ3n) is 4.10. The molecule has 0 atom stereocenters. The second kappa shape index (κ2) is 7.01. The summed E-state index contributed by atoms with van der Waals surface area (Å²) in [5.41, 5.74) is 4.62. The van der Waals surface area contributed by atoms with Crippen molar-refractivity contribution in [3.8, 4) is 17.0 Å². The number of amides is 1. The Kier molecular flexibility index (Phi) is 4.57. The maximum atomic E-state index is 12.6. The van der Waals surface area contributed by atoms with Crippen LogP contribution >= 0.6 is 27.3 Å². The number of rotatable bonds is 4. The molecular weight excluding hydrogens is 416 g/mol. The summed E-state index contributed by atoms with van der Waals surface area (Å²) in [5.74, 6) is 0.225. The van der Waals surface area contributed by atoms with Gasteiger partial charge in [0.15, 0.2) is 12.4 Å². The SMILES string of the molecule is O=C(CN1C(=O)COc2ccc(-c3cscn3)cc21)c1ccc(Br)cc1. The van der Waals surface area contributed by atoms with Crippen molar-refractivity contribution in [1.82, 2.24) is 4.98 Å². The van der Waals surface area contributed by atoms with E-state index in [4.69, 9.17) is 4.74 Å². The van der Waals surface area contributed by atoms with Crippen molar-refractivity contribution < 1.29 is 14.3 Å². The Hall–Kier alpha value is -2.51. The van der Waals surface area contributed by atoms with Crippen LogP contribution in [-0.4, -0.2) is 29.8 Å². The molecule has 1 aromatic heterocycles. The summed E-state index contributed by atoms with van der Waals surface area (Å²) in [6.45, 7) is -0.103. The molecule has 1 aliphatic rings. The van der Waals surface area contributed by atoms with Crippen LogP contribution in [-0.2, 0) is 4.79 Å². The summed E-state index contributed by atoms with van der Waals surface area (Å²) in [4.78, 5) is 30.8. The number of ketones is 1. The van der Waals surface area contributed by atoms with Gasteiger partial charge in [-0.25, -0.2) is 4.98 Å². The van der Waals surface area contributed by atoms with E-state index in [1.165, 1.54) is 16.2 Å². The van der Waals surface area contributed by atoms with Gasteiger partial charge in [-0.3, -0.25) is 14.5 Å². The zero-order valence-electron chi connectivity index (χ0n) is 13.5. The van der Waals surface area contributed by atoms with Crippen LogP contribution in [0.4, 0.5) is 5.69 Å². The fraction of sp³-hybridized carbons (Fsp3) is 0.105. The number of Topliss-reactive ketones (excluding diaryl/α,β-unsaturated/α-hetero) is 1. The van der Waals surface area contributed by atoms with E-state index in [0.717, 1.165) is 15.7 Å². The van der Waals surface area contributed by atoms with Crippen LogP contribution < -0.4 is 9.64 Å². The smallest absolute Gasteiger partial charge is 0.265 e. The topological polar surface area (TPSA) is 59.5 Å². The number of carbonyl (C=O) groups excluding carboxylic acids is 2. The van der Waals surface area contributed by atoms with Gasteiger partial charge in [-0.1, -0.05) is 28.1 Å². The van der Waals surface area contributed by atoms with Crippen LogP contribution in [0.3, 0.4) is 0 Å². The summed E-state index contributed by atoms with van der Waals surface area (Å²) in [7, 11) is 0. The average molecular weight is 429 g/mol. The molecule has 0 spiro atoms. The van der Waals surface area contributed by atoms with Crippen molar-refractivity contribution in [2.75, 3.05) is 18.1 Å². The number of hydrogen-bond donors (Lipinski definition) is 0. The summed E-state index contributed by atoms with van der Waals surface area (Å²) in [6, 6.07) is 12.7. The van der Waals surface area contributed by atoms with Crippen molar-refractivity contribution in [1.29, 1.82) is 0 Å². The molecule has 0 aliphatic carbocycles. The Morgan fingerprint density at radius 3 is 2.77 bits per heavy atom. The van der Waals surface area contributed by atoms with Crippen LogP contribution in [0.25, 0.3) is 11.3 Å². The molecule has 0 unspecified atom stereocenters. The molecule has 0 saturated heterocycles. The van der Waals surface area contributed by atoms with Gasteiger partial charge in [0, 0.05) is 21.0 Å². The maximum Gasteiger partial charge on any atom is 0.265 e. The second-order valence-corrected chi connectivity index (χ2v) is 7.39. The quantitative estimate of drug-likeness (QED) is 0.584. The van der Waals surface area contributed by atoms with Gasteiger partial charge in [-0.2, -0.15) is 0 Å². The Labute approximate surface area is 162 Å². The molecule has 0 N–H and O–H groups in total. The monoisotopic (exact) mass is 428 g/mol. The lowest BCUT2D eigenvalue weighted by molar-refractivity contribution is -0.121. The number of benzene rings is 2. The number of thiazole rings is 1. The first kappa shape index (κ1) is 16.9. The fourth-order valence-electron chi connectivity index (χ4n) is 2.76. The van der Waals surface area contributed by atoms with Crippen molar-refractivity contribution in [3.05, 3.63) is 63.4 Å². The minimum absolute atomic E-state index is 0.0304. The highest BCUT2D eigenvalue weighted by atomic mass is 79.9. The number of carbonyl (C=O) groups is 2. The van der Waals surface area contributed by atoms with Crippen LogP contribution in [0.5, 0.6) is 5.75 Å². The van der Waals surface area contributed by atoms with Gasteiger partial charge in [0.1, 0.15) is 5.75 Å². The van der Waals surface area contributed by atoms with Gasteiger partial charge in [-0.15, -0.1) is 11.3 Å². The number of aromatic nitrogens is 1. The predicted molar refractivity (Wildman–Crippen MR) is 104 cm³/mol. The number of halogens is 1. The molecule has 3 aromatic rings. The normalized spacial score (nSPS) is 13.3.